The van der Waals surface area contributed by atoms with E-state index in [2.05, 4.69) is 37.8 Å². The Hall–Kier alpha value is -6.97. The van der Waals surface area contributed by atoms with Crippen molar-refractivity contribution < 1.29 is 106 Å². The molecule has 2 heterocycles. The number of nitrogens with zero attached hydrogens (tertiary/aromatic N) is 1. The molecule has 10 atom stereocenters. The van der Waals surface area contributed by atoms with Crippen molar-refractivity contribution in [2.75, 3.05) is 133 Å². The topological polar surface area (TPSA) is 477 Å². The number of aliphatic hydroxyl groups excluding tert-OH is 4. The Kier molecular flexibility index (Phi) is 35.7. The minimum Gasteiger partial charge on any atom is -0.478 e. The second-order valence-corrected chi connectivity index (χ2v) is 18.1. The SMILES string of the molecule is C#CCOCCOCCOCCOCCC(=O)N(CCCCNC(=O)CO[C@@H]([C@@H]1OC(C(=O)OC)=C[C@H](NC(=N)N)[C@H]1NC(C)=O)[C@H](O)CO)CCOCCNC(=O)CO[C@@H]([C@@H]1OC(C(=O)OC)=C[C@H](NC(=N)N)[C@H]1NC(C)=O)[C@H](O)CO. The molecule has 0 aromatic rings. The average molecular weight is 1190 g/mol. The lowest BCUT2D eigenvalue weighted by molar-refractivity contribution is -0.160. The summed E-state index contributed by atoms with van der Waals surface area (Å²) in [6.07, 6.45) is -1.08. The first-order valence-corrected chi connectivity index (χ1v) is 26.3. The quantitative estimate of drug-likeness (QED) is 0.00888. The van der Waals surface area contributed by atoms with Crippen molar-refractivity contribution in [1.29, 1.82) is 10.8 Å². The monoisotopic (exact) mass is 1190 g/mol. The van der Waals surface area contributed by atoms with Gasteiger partial charge in [0.1, 0.15) is 44.2 Å². The number of esters is 2. The first-order valence-electron chi connectivity index (χ1n) is 26.3. The molecule has 16 N–H and O–H groups in total. The molecule has 470 valence electrons. The van der Waals surface area contributed by atoms with Gasteiger partial charge in [0.15, 0.2) is 24.1 Å². The van der Waals surface area contributed by atoms with Crippen LogP contribution in [0.1, 0.15) is 33.1 Å². The summed E-state index contributed by atoms with van der Waals surface area (Å²) in [6.45, 7) is 1.65. The van der Waals surface area contributed by atoms with Crippen molar-refractivity contribution in [3.8, 4) is 12.3 Å². The second-order valence-electron chi connectivity index (χ2n) is 18.1. The molecule has 2 aliphatic heterocycles. The molecule has 2 aliphatic rings. The van der Waals surface area contributed by atoms with Crippen molar-refractivity contribution in [3.63, 3.8) is 0 Å². The van der Waals surface area contributed by atoms with Crippen LogP contribution in [-0.4, -0.2) is 272 Å². The molecule has 33 nitrogen and oxygen atoms in total. The summed E-state index contributed by atoms with van der Waals surface area (Å²) in [7, 11) is 2.16. The van der Waals surface area contributed by atoms with Gasteiger partial charge in [-0.3, -0.25) is 34.8 Å². The predicted octanol–water partition coefficient (Wildman–Crippen LogP) is -6.97. The predicted molar refractivity (Wildman–Crippen MR) is 288 cm³/mol. The summed E-state index contributed by atoms with van der Waals surface area (Å²) in [5, 5.41) is 72.5. The second kappa shape index (κ2) is 41.1. The van der Waals surface area contributed by atoms with Gasteiger partial charge in [0, 0.05) is 40.0 Å². The molecule has 2 rings (SSSR count). The van der Waals surface area contributed by atoms with Crippen LogP contribution >= 0.6 is 0 Å². The Morgan fingerprint density at radius 1 is 0.639 bits per heavy atom. The summed E-state index contributed by atoms with van der Waals surface area (Å²) in [5.41, 5.74) is 11.1. The van der Waals surface area contributed by atoms with Gasteiger partial charge in [-0.25, -0.2) is 9.59 Å². The summed E-state index contributed by atoms with van der Waals surface area (Å²) < 4.78 is 59.9. The molecule has 0 spiro atoms. The lowest BCUT2D eigenvalue weighted by atomic mass is 9.91. The van der Waals surface area contributed by atoms with E-state index in [1.165, 1.54) is 30.9 Å². The summed E-state index contributed by atoms with van der Waals surface area (Å²) in [4.78, 5) is 90.5. The highest BCUT2D eigenvalue weighted by Crippen LogP contribution is 2.27. The molecule has 0 bridgehead atoms. The van der Waals surface area contributed by atoms with Crippen molar-refractivity contribution >= 4 is 53.4 Å². The van der Waals surface area contributed by atoms with E-state index in [4.69, 9.17) is 80.8 Å². The summed E-state index contributed by atoms with van der Waals surface area (Å²) in [5.74, 6) is -4.20. The average Bonchev–Trinajstić information content (AvgIpc) is 2.74. The number of hydrogen-bond donors (Lipinski definition) is 14. The molecular formula is C50H83N11O22. The summed E-state index contributed by atoms with van der Waals surface area (Å²) >= 11 is 0. The smallest absolute Gasteiger partial charge is 0.373 e. The number of nitrogens with one attached hydrogen (secondary N) is 8. The number of nitrogens with two attached hydrogens (primary N) is 2. The Bertz CT molecular complexity index is 2170. The minimum absolute atomic E-state index is 0.000644. The fraction of sp³-hybridized carbons (Fsp3) is 0.700. The van der Waals surface area contributed by atoms with Crippen LogP contribution in [0.15, 0.2) is 23.7 Å². The Balaban J connectivity index is 2.03. The lowest BCUT2D eigenvalue weighted by Crippen LogP contribution is -2.64. The van der Waals surface area contributed by atoms with Gasteiger partial charge in [0.25, 0.3) is 0 Å². The number of unbranched alkanes of at least 4 members (excludes halogenated alkanes) is 1. The minimum atomic E-state index is -1.71. The molecule has 5 amide bonds. The molecule has 0 saturated heterocycles. The highest BCUT2D eigenvalue weighted by Gasteiger charge is 2.47. The van der Waals surface area contributed by atoms with Crippen LogP contribution in [-0.2, 0) is 85.7 Å². The number of ether oxygens (including phenoxy) is 11. The fourth-order valence-electron chi connectivity index (χ4n) is 8.04. The van der Waals surface area contributed by atoms with Gasteiger partial charge < -0.3 is 121 Å². The van der Waals surface area contributed by atoms with Crippen LogP contribution in [0, 0.1) is 23.2 Å². The molecule has 0 aliphatic carbocycles. The van der Waals surface area contributed by atoms with E-state index in [0.717, 1.165) is 14.2 Å². The standard InChI is InChI=1S/C50H83N11O22/c1-6-14-75-18-20-78-22-23-79-21-19-76-15-9-40(70)61(12-8-7-10-55-38(68)28-80-43(34(66)26-62)45-41(57-30(2)64)32(59-49(51)52)24-36(82-45)47(71)73-4)13-17-77-16-11-56-39(69)29-81-44(35(67)27-63)46-42(58-31(3)65)33(60-50(53)54)25-37(83-46)48(72)74-5/h1,24-25,32-35,41-46,62-63,66-67H,7-23,26-29H2,2-5H3,(H,55,68)(H,56,69)(H,57,64)(H,58,65)(H4,51,52,59)(H4,53,54,60)/t32-,33-,34+,35+,41+,42+,43+,44+,45+,46+/m0/s1. The zero-order chi connectivity index (χ0) is 61.7. The Morgan fingerprint density at radius 2 is 1.07 bits per heavy atom. The van der Waals surface area contributed by atoms with Gasteiger partial charge in [-0.2, -0.15) is 0 Å². The van der Waals surface area contributed by atoms with E-state index in [1.54, 1.807) is 0 Å². The molecule has 0 aromatic heterocycles. The molecule has 0 radical (unpaired) electrons. The molecule has 0 saturated carbocycles. The van der Waals surface area contributed by atoms with Gasteiger partial charge in [-0.1, -0.05) is 5.92 Å². The number of carbonyl (C=O) groups is 7. The molecule has 0 fully saturated rings. The van der Waals surface area contributed by atoms with E-state index in [-0.39, 0.29) is 83.9 Å². The maximum atomic E-state index is 13.5. The first-order chi connectivity index (χ1) is 39.7. The molecule has 83 heavy (non-hydrogen) atoms. The number of methoxy groups -OCH3 is 2. The highest BCUT2D eigenvalue weighted by molar-refractivity contribution is 5.88. The van der Waals surface area contributed by atoms with Crippen LogP contribution in [0.2, 0.25) is 0 Å². The van der Waals surface area contributed by atoms with E-state index in [9.17, 15) is 54.0 Å². The third kappa shape index (κ3) is 28.2. The van der Waals surface area contributed by atoms with E-state index in [1.807, 2.05) is 0 Å². The molecule has 33 heteroatoms. The van der Waals surface area contributed by atoms with Crippen molar-refractivity contribution in [3.05, 3.63) is 23.7 Å². The largest absolute Gasteiger partial charge is 0.478 e. The summed E-state index contributed by atoms with van der Waals surface area (Å²) in [6, 6.07) is -4.46. The van der Waals surface area contributed by atoms with E-state index in [0.29, 0.717) is 39.3 Å². The van der Waals surface area contributed by atoms with Gasteiger partial charge >= 0.3 is 11.9 Å². The number of hydrogen-bond acceptors (Lipinski definition) is 24. The normalized spacial score (nSPS) is 19.7. The molecular weight excluding hydrogens is 1110 g/mol. The van der Waals surface area contributed by atoms with Crippen LogP contribution in [0.4, 0.5) is 0 Å². The Morgan fingerprint density at radius 3 is 1.49 bits per heavy atom. The first kappa shape index (κ1) is 72.1. The number of amides is 5. The van der Waals surface area contributed by atoms with E-state index < -0.39 is 140 Å². The van der Waals surface area contributed by atoms with Crippen LogP contribution in [0.3, 0.4) is 0 Å². The highest BCUT2D eigenvalue weighted by atomic mass is 16.6. The van der Waals surface area contributed by atoms with Gasteiger partial charge in [-0.05, 0) is 25.0 Å². The number of rotatable bonds is 42. The van der Waals surface area contributed by atoms with Gasteiger partial charge in [-0.15, -0.1) is 6.42 Å². The van der Waals surface area contributed by atoms with Crippen molar-refractivity contribution in [1.82, 2.24) is 36.8 Å². The maximum absolute atomic E-state index is 13.5. The lowest BCUT2D eigenvalue weighted by Gasteiger charge is -2.41. The zero-order valence-corrected chi connectivity index (χ0v) is 47.1. The maximum Gasteiger partial charge on any atom is 0.373 e. The third-order valence-corrected chi connectivity index (χ3v) is 11.8. The number of carbonyl (C=O) groups excluding carboxylic acids is 7. The van der Waals surface area contributed by atoms with Crippen molar-refractivity contribution in [2.45, 2.75) is 93.9 Å². The third-order valence-electron chi connectivity index (χ3n) is 11.8. The number of aliphatic hydroxyl groups is 4. The zero-order valence-electron chi connectivity index (χ0n) is 47.1. The Labute approximate surface area is 480 Å². The fourth-order valence-corrected chi connectivity index (χ4v) is 8.04. The van der Waals surface area contributed by atoms with Gasteiger partial charge in [0.05, 0.1) is 117 Å². The van der Waals surface area contributed by atoms with Crippen LogP contribution in [0.5, 0.6) is 0 Å². The van der Waals surface area contributed by atoms with Crippen molar-refractivity contribution in [2.24, 2.45) is 11.5 Å². The molecule has 0 aromatic carbocycles. The van der Waals surface area contributed by atoms with Crippen LogP contribution < -0.4 is 43.4 Å². The molecule has 0 unspecified atom stereocenters. The van der Waals surface area contributed by atoms with Gasteiger partial charge in [0.2, 0.25) is 41.1 Å². The number of guanidine groups is 2. The number of terminal acetylenes is 1. The van der Waals surface area contributed by atoms with E-state index >= 15 is 0 Å². The van der Waals surface area contributed by atoms with Crippen LogP contribution in [0.25, 0.3) is 0 Å².